The fourth-order valence-corrected chi connectivity index (χ4v) is 5.17. The number of hydrogen-bond donors (Lipinski definition) is 2. The van der Waals surface area contributed by atoms with Crippen molar-refractivity contribution in [1.29, 1.82) is 0 Å². The fraction of sp³-hybridized carbons (Fsp3) is 0.435. The van der Waals surface area contributed by atoms with Crippen LogP contribution in [0.5, 0.6) is 5.75 Å². The number of carbonyl (C=O) groups excluding carboxylic acids is 1. The summed E-state index contributed by atoms with van der Waals surface area (Å²) in [7, 11) is -1.94. The van der Waals surface area contributed by atoms with Crippen LogP contribution in [0.1, 0.15) is 41.9 Å². The Hall–Kier alpha value is -2.58. The number of benzene rings is 2. The van der Waals surface area contributed by atoms with Gasteiger partial charge < -0.3 is 10.1 Å². The molecule has 4 rings (SSSR count). The number of methoxy groups -OCH3 is 1. The Morgan fingerprint density at radius 1 is 1.13 bits per heavy atom. The number of nitrogens with zero attached hydrogens (tertiary/aromatic N) is 1. The number of sulfonamides is 1. The van der Waals surface area contributed by atoms with Crippen molar-refractivity contribution in [2.45, 2.75) is 37.3 Å². The lowest BCUT2D eigenvalue weighted by Gasteiger charge is -2.37. The van der Waals surface area contributed by atoms with E-state index in [2.05, 4.69) is 22.2 Å². The van der Waals surface area contributed by atoms with E-state index in [1.807, 2.05) is 36.4 Å². The monoisotopic (exact) mass is 443 g/mol. The van der Waals surface area contributed by atoms with Gasteiger partial charge in [-0.25, -0.2) is 13.2 Å². The molecule has 1 heterocycles. The van der Waals surface area contributed by atoms with Crippen molar-refractivity contribution < 1.29 is 17.9 Å². The highest BCUT2D eigenvalue weighted by Gasteiger charge is 2.48. The molecule has 2 aromatic rings. The number of amides is 2. The smallest absolute Gasteiger partial charge is 0.319 e. The van der Waals surface area contributed by atoms with Crippen LogP contribution in [0.3, 0.4) is 0 Å². The van der Waals surface area contributed by atoms with Gasteiger partial charge in [0.25, 0.3) is 0 Å². The van der Waals surface area contributed by atoms with E-state index in [1.54, 1.807) is 12.0 Å². The molecule has 1 saturated carbocycles. The SMILES string of the molecule is COc1ccc(CCCN2C(=O)NCC2(NS(C)(=O)=O)c2ccc(C3CC3)cc2)cc1. The van der Waals surface area contributed by atoms with Crippen LogP contribution in [0.15, 0.2) is 48.5 Å². The molecule has 1 saturated heterocycles. The van der Waals surface area contributed by atoms with Gasteiger partial charge in [0, 0.05) is 6.54 Å². The molecule has 2 amide bonds. The number of hydrogen-bond acceptors (Lipinski definition) is 4. The second-order valence-electron chi connectivity index (χ2n) is 8.39. The van der Waals surface area contributed by atoms with Crippen LogP contribution in [0.25, 0.3) is 0 Å². The van der Waals surface area contributed by atoms with Gasteiger partial charge in [0.05, 0.1) is 19.9 Å². The molecule has 1 atom stereocenters. The van der Waals surface area contributed by atoms with Gasteiger partial charge in [-0.05, 0) is 60.4 Å². The molecule has 2 aliphatic rings. The number of urea groups is 1. The quantitative estimate of drug-likeness (QED) is 0.624. The molecular formula is C23H29N3O4S. The lowest BCUT2D eigenvalue weighted by molar-refractivity contribution is 0.145. The first-order chi connectivity index (χ1) is 14.8. The van der Waals surface area contributed by atoms with Crippen LogP contribution in [-0.4, -0.2) is 45.8 Å². The van der Waals surface area contributed by atoms with Gasteiger partial charge in [-0.1, -0.05) is 36.4 Å². The zero-order valence-electron chi connectivity index (χ0n) is 17.9. The standard InChI is InChI=1S/C23H29N3O4S/c1-30-21-13-5-17(6-14-21)4-3-15-26-22(27)24-16-23(26,25-31(2,28)29)20-11-9-19(10-12-20)18-7-8-18/h5-6,9-14,18,25H,3-4,7-8,15-16H2,1-2H3,(H,24,27). The normalized spacial score (nSPS) is 21.2. The minimum absolute atomic E-state index is 0.185. The minimum atomic E-state index is -3.57. The Balaban J connectivity index is 1.55. The van der Waals surface area contributed by atoms with Crippen LogP contribution in [0.2, 0.25) is 0 Å². The molecule has 7 nitrogen and oxygen atoms in total. The maximum absolute atomic E-state index is 12.7. The summed E-state index contributed by atoms with van der Waals surface area (Å²) in [6.45, 7) is 0.606. The summed E-state index contributed by atoms with van der Waals surface area (Å²) in [5, 5.41) is 2.84. The van der Waals surface area contributed by atoms with Gasteiger partial charge in [-0.3, -0.25) is 4.90 Å². The molecule has 0 spiro atoms. The summed E-state index contributed by atoms with van der Waals surface area (Å²) in [6.07, 6.45) is 5.00. The van der Waals surface area contributed by atoms with E-state index < -0.39 is 15.7 Å². The van der Waals surface area contributed by atoms with E-state index in [-0.39, 0.29) is 12.6 Å². The maximum atomic E-state index is 12.7. The van der Waals surface area contributed by atoms with E-state index in [0.717, 1.165) is 29.6 Å². The second-order valence-corrected chi connectivity index (χ2v) is 10.1. The van der Waals surface area contributed by atoms with Crippen LogP contribution in [-0.2, 0) is 22.1 Å². The number of nitrogens with one attached hydrogen (secondary N) is 2. The Labute approximate surface area is 183 Å². The second kappa shape index (κ2) is 8.51. The predicted octanol–water partition coefficient (Wildman–Crippen LogP) is 2.93. The zero-order valence-corrected chi connectivity index (χ0v) is 18.7. The Bertz CT molecular complexity index is 1030. The summed E-state index contributed by atoms with van der Waals surface area (Å²) >= 11 is 0. The Morgan fingerprint density at radius 2 is 1.81 bits per heavy atom. The average Bonchev–Trinajstić information content (AvgIpc) is 3.55. The molecule has 1 aliphatic carbocycles. The van der Waals surface area contributed by atoms with Crippen molar-refractivity contribution in [1.82, 2.24) is 14.9 Å². The number of rotatable bonds is 9. The summed E-state index contributed by atoms with van der Waals surface area (Å²) in [5.41, 5.74) is 2.04. The minimum Gasteiger partial charge on any atom is -0.497 e. The van der Waals surface area contributed by atoms with E-state index in [0.29, 0.717) is 18.9 Å². The molecule has 2 N–H and O–H groups in total. The Kier molecular flexibility index (Phi) is 5.94. The molecule has 8 heteroatoms. The highest BCUT2D eigenvalue weighted by Crippen LogP contribution is 2.41. The fourth-order valence-electron chi connectivity index (χ4n) is 4.26. The summed E-state index contributed by atoms with van der Waals surface area (Å²) in [4.78, 5) is 14.3. The summed E-state index contributed by atoms with van der Waals surface area (Å²) in [6, 6.07) is 15.6. The van der Waals surface area contributed by atoms with Crippen molar-refractivity contribution in [3.8, 4) is 5.75 Å². The molecule has 0 bridgehead atoms. The van der Waals surface area contributed by atoms with Crippen LogP contribution < -0.4 is 14.8 Å². The van der Waals surface area contributed by atoms with Gasteiger partial charge in [0.15, 0.2) is 5.66 Å². The highest BCUT2D eigenvalue weighted by molar-refractivity contribution is 7.88. The van der Waals surface area contributed by atoms with Gasteiger partial charge in [0.2, 0.25) is 10.0 Å². The first kappa shape index (κ1) is 21.6. The first-order valence-electron chi connectivity index (χ1n) is 10.6. The largest absolute Gasteiger partial charge is 0.497 e. The molecule has 0 aromatic heterocycles. The first-order valence-corrected chi connectivity index (χ1v) is 12.5. The molecule has 1 unspecified atom stereocenters. The number of aryl methyl sites for hydroxylation is 1. The van der Waals surface area contributed by atoms with Gasteiger partial charge in [0.1, 0.15) is 5.75 Å². The van der Waals surface area contributed by atoms with Crippen molar-refractivity contribution in [2.24, 2.45) is 0 Å². The van der Waals surface area contributed by atoms with Crippen LogP contribution in [0, 0.1) is 0 Å². The van der Waals surface area contributed by atoms with Gasteiger partial charge in [-0.2, -0.15) is 4.72 Å². The molecular weight excluding hydrogens is 414 g/mol. The molecule has 2 aromatic carbocycles. The summed E-state index contributed by atoms with van der Waals surface area (Å²) in [5.74, 6) is 1.41. The lowest BCUT2D eigenvalue weighted by Crippen LogP contribution is -2.57. The van der Waals surface area contributed by atoms with Gasteiger partial charge in [-0.15, -0.1) is 0 Å². The highest BCUT2D eigenvalue weighted by atomic mass is 32.2. The zero-order chi connectivity index (χ0) is 22.1. The average molecular weight is 444 g/mol. The number of carbonyl (C=O) groups is 1. The molecule has 166 valence electrons. The lowest BCUT2D eigenvalue weighted by atomic mass is 9.97. The maximum Gasteiger partial charge on any atom is 0.319 e. The predicted molar refractivity (Wildman–Crippen MR) is 119 cm³/mol. The van der Waals surface area contributed by atoms with Crippen molar-refractivity contribution in [3.63, 3.8) is 0 Å². The van der Waals surface area contributed by atoms with Crippen molar-refractivity contribution >= 4 is 16.1 Å². The van der Waals surface area contributed by atoms with E-state index in [4.69, 9.17) is 4.74 Å². The molecule has 2 fully saturated rings. The van der Waals surface area contributed by atoms with E-state index >= 15 is 0 Å². The third-order valence-corrected chi connectivity index (χ3v) is 6.71. The van der Waals surface area contributed by atoms with Crippen LogP contribution in [0.4, 0.5) is 4.79 Å². The van der Waals surface area contributed by atoms with Gasteiger partial charge >= 0.3 is 6.03 Å². The van der Waals surface area contributed by atoms with Crippen molar-refractivity contribution in [2.75, 3.05) is 26.5 Å². The van der Waals surface area contributed by atoms with Crippen LogP contribution >= 0.6 is 0 Å². The summed E-state index contributed by atoms with van der Waals surface area (Å²) < 4.78 is 32.5. The topological polar surface area (TPSA) is 87.7 Å². The van der Waals surface area contributed by atoms with E-state index in [1.165, 1.54) is 18.4 Å². The molecule has 0 radical (unpaired) electrons. The third-order valence-electron chi connectivity index (χ3n) is 6.00. The molecule has 1 aliphatic heterocycles. The Morgan fingerprint density at radius 3 is 2.39 bits per heavy atom. The van der Waals surface area contributed by atoms with E-state index in [9.17, 15) is 13.2 Å². The number of ether oxygens (including phenoxy) is 1. The third kappa shape index (κ3) is 4.85. The molecule has 31 heavy (non-hydrogen) atoms. The van der Waals surface area contributed by atoms with Crippen molar-refractivity contribution in [3.05, 3.63) is 65.2 Å².